The van der Waals surface area contributed by atoms with Crippen LogP contribution in [0.1, 0.15) is 58.3 Å². The molecular formula is C56H67N5O11S2. The predicted octanol–water partition coefficient (Wildman–Crippen LogP) is 7.94. The minimum absolute atomic E-state index is 0.0297. The van der Waals surface area contributed by atoms with Gasteiger partial charge in [0.25, 0.3) is 0 Å². The molecule has 0 spiro atoms. The molecule has 0 radical (unpaired) electrons. The van der Waals surface area contributed by atoms with Crippen LogP contribution in [-0.4, -0.2) is 135 Å². The van der Waals surface area contributed by atoms with Crippen LogP contribution in [0.25, 0.3) is 32.3 Å². The number of aromatic nitrogens is 1. The summed E-state index contributed by atoms with van der Waals surface area (Å²) in [6.45, 7) is 14.4. The minimum atomic E-state index is -3.36. The molecule has 1 aromatic heterocycles. The number of ether oxygens (including phenoxy) is 4. The Hall–Kier alpha value is -6.41. The van der Waals surface area contributed by atoms with Crippen molar-refractivity contribution in [2.45, 2.75) is 77.1 Å². The number of carbonyl (C=O) groups is 3. The molecule has 0 saturated carbocycles. The molecule has 2 heterocycles. The van der Waals surface area contributed by atoms with E-state index in [9.17, 15) is 33.0 Å². The van der Waals surface area contributed by atoms with Gasteiger partial charge in [-0.2, -0.15) is 0 Å². The number of nitrogens with one attached hydrogen (secondary N) is 2. The number of aliphatic hydroxyl groups is 1. The number of hydrogen-bond acceptors (Lipinski definition) is 14. The fraction of sp³-hybridized carbons (Fsp3) is 0.393. The van der Waals surface area contributed by atoms with E-state index >= 15 is 0 Å². The summed E-state index contributed by atoms with van der Waals surface area (Å²) in [5.74, 6) is 0.602. The summed E-state index contributed by atoms with van der Waals surface area (Å²) in [7, 11) is -3.36. The number of likely N-dealkylation sites (tertiary alicyclic amines) is 1. The minimum Gasteiger partial charge on any atom is -0.508 e. The first-order valence-corrected chi connectivity index (χ1v) is 27.5. The highest BCUT2D eigenvalue weighted by Crippen LogP contribution is 2.41. The van der Waals surface area contributed by atoms with Crippen LogP contribution in [0.3, 0.4) is 0 Å². The summed E-state index contributed by atoms with van der Waals surface area (Å²) >= 11 is 1.57. The van der Waals surface area contributed by atoms with Crippen molar-refractivity contribution in [1.82, 2.24) is 25.4 Å². The number of aliphatic hydroxyl groups excluding tert-OH is 1. The van der Waals surface area contributed by atoms with E-state index in [0.717, 1.165) is 50.1 Å². The molecule has 18 heteroatoms. The van der Waals surface area contributed by atoms with Crippen molar-refractivity contribution in [2.75, 3.05) is 65.5 Å². The van der Waals surface area contributed by atoms with Gasteiger partial charge < -0.3 is 44.7 Å². The number of likely N-dealkylation sites (N-methyl/N-ethyl adjacent to an activating group) is 1. The second-order valence-corrected chi connectivity index (χ2v) is 22.4. The van der Waals surface area contributed by atoms with Crippen molar-refractivity contribution in [1.29, 1.82) is 0 Å². The molecule has 1 aliphatic heterocycles. The van der Waals surface area contributed by atoms with Gasteiger partial charge in [0.05, 0.1) is 52.9 Å². The number of amides is 3. The number of sulfone groups is 1. The number of rotatable bonds is 23. The molecule has 16 nitrogen and oxygen atoms in total. The molecule has 0 aliphatic carbocycles. The molecule has 74 heavy (non-hydrogen) atoms. The third-order valence-corrected chi connectivity index (χ3v) is 15.0. The molecule has 1 saturated heterocycles. The number of aryl methyl sites for hydroxylation is 1. The van der Waals surface area contributed by atoms with Crippen molar-refractivity contribution in [3.05, 3.63) is 120 Å². The molecule has 0 unspecified atom stereocenters. The third kappa shape index (κ3) is 14.5. The maximum Gasteiger partial charge on any atom is 0.246 e. The second-order valence-electron chi connectivity index (χ2n) is 19.5. The molecule has 5 aromatic carbocycles. The lowest BCUT2D eigenvalue weighted by atomic mass is 9.85. The Kier molecular flexibility index (Phi) is 18.5. The maximum atomic E-state index is 14.1. The van der Waals surface area contributed by atoms with Crippen LogP contribution >= 0.6 is 11.3 Å². The summed E-state index contributed by atoms with van der Waals surface area (Å²) in [5, 5.41) is 28.2. The highest BCUT2D eigenvalue weighted by Gasteiger charge is 2.44. The molecule has 4 atom stereocenters. The number of carbonyl (C=O) groups excluding carboxylic acids is 3. The van der Waals surface area contributed by atoms with Gasteiger partial charge in [0.1, 0.15) is 48.3 Å². The Labute approximate surface area is 437 Å². The van der Waals surface area contributed by atoms with Crippen molar-refractivity contribution < 1.29 is 52.0 Å². The van der Waals surface area contributed by atoms with Crippen LogP contribution < -0.4 is 20.1 Å². The van der Waals surface area contributed by atoms with Gasteiger partial charge in [-0.05, 0) is 109 Å². The zero-order valence-corrected chi connectivity index (χ0v) is 44.6. The van der Waals surface area contributed by atoms with Crippen molar-refractivity contribution >= 4 is 49.7 Å². The van der Waals surface area contributed by atoms with Crippen LogP contribution in [0.2, 0.25) is 0 Å². The lowest BCUT2D eigenvalue weighted by molar-refractivity contribution is -0.144. The predicted molar refractivity (Wildman–Crippen MR) is 286 cm³/mol. The first-order chi connectivity index (χ1) is 35.3. The Morgan fingerprint density at radius 2 is 1.54 bits per heavy atom. The van der Waals surface area contributed by atoms with E-state index < -0.39 is 45.3 Å². The Bertz CT molecular complexity index is 2980. The van der Waals surface area contributed by atoms with Gasteiger partial charge in [0, 0.05) is 43.3 Å². The quantitative estimate of drug-likeness (QED) is 0.0451. The number of thiazole rings is 1. The van der Waals surface area contributed by atoms with E-state index in [1.54, 1.807) is 53.8 Å². The van der Waals surface area contributed by atoms with Crippen LogP contribution in [0.15, 0.2) is 114 Å². The average molecular weight is 1050 g/mol. The van der Waals surface area contributed by atoms with Crippen LogP contribution in [0.4, 0.5) is 0 Å². The number of benzene rings is 5. The van der Waals surface area contributed by atoms with E-state index in [1.807, 2.05) is 101 Å². The molecule has 7 rings (SSSR count). The summed E-state index contributed by atoms with van der Waals surface area (Å²) < 4.78 is 48.2. The SMILES string of the molecule is CCN(CCOCCOCC(=O)N[C@H](C(=O)N1C[C@H](O)C[C@H]1C(=O)N[C@@H](C)c1ccc(-c2scnc2C)cc1)C(C)(C)C)CCOc1ccc(Oc2c(-c3ccc(S(C)(=O)=O)cc3)ccc3cc(O)ccc23)cc1. The van der Waals surface area contributed by atoms with Gasteiger partial charge in [0.15, 0.2) is 9.84 Å². The van der Waals surface area contributed by atoms with Crippen LogP contribution in [-0.2, 0) is 33.7 Å². The fourth-order valence-corrected chi connectivity index (χ4v) is 10.2. The number of β-amino-alcohol motifs (C(OH)–C–C–N with tert-alkyl or cyclic N) is 1. The number of fused-ring (bicyclic) bond motifs is 1. The van der Waals surface area contributed by atoms with Gasteiger partial charge in [-0.1, -0.05) is 70.2 Å². The Morgan fingerprint density at radius 3 is 2.20 bits per heavy atom. The number of phenols is 1. The van der Waals surface area contributed by atoms with E-state index in [-0.39, 0.29) is 55.4 Å². The number of nitrogens with zero attached hydrogens (tertiary/aromatic N) is 3. The average Bonchev–Trinajstić information content (AvgIpc) is 3.99. The zero-order chi connectivity index (χ0) is 53.2. The highest BCUT2D eigenvalue weighted by atomic mass is 32.2. The maximum absolute atomic E-state index is 14.1. The van der Waals surface area contributed by atoms with Crippen molar-refractivity contribution in [3.8, 4) is 44.6 Å². The van der Waals surface area contributed by atoms with Gasteiger partial charge in [-0.25, -0.2) is 13.4 Å². The molecular weight excluding hydrogens is 983 g/mol. The zero-order valence-electron chi connectivity index (χ0n) is 43.0. The normalized spacial score (nSPS) is 15.8. The van der Waals surface area contributed by atoms with Gasteiger partial charge in [-0.3, -0.25) is 19.3 Å². The van der Waals surface area contributed by atoms with Crippen molar-refractivity contribution in [2.24, 2.45) is 5.41 Å². The monoisotopic (exact) mass is 1050 g/mol. The summed E-state index contributed by atoms with van der Waals surface area (Å²) in [5.41, 5.74) is 5.52. The van der Waals surface area contributed by atoms with Crippen LogP contribution in [0.5, 0.6) is 23.0 Å². The lowest BCUT2D eigenvalue weighted by Gasteiger charge is -2.35. The molecule has 394 valence electrons. The van der Waals surface area contributed by atoms with E-state index in [4.69, 9.17) is 18.9 Å². The molecule has 6 aromatic rings. The second kappa shape index (κ2) is 24.7. The van der Waals surface area contributed by atoms with Gasteiger partial charge in [0.2, 0.25) is 17.7 Å². The van der Waals surface area contributed by atoms with E-state index in [2.05, 4.69) is 27.4 Å². The smallest absolute Gasteiger partial charge is 0.246 e. The Balaban J connectivity index is 0.818. The van der Waals surface area contributed by atoms with Gasteiger partial charge >= 0.3 is 0 Å². The first kappa shape index (κ1) is 55.3. The number of hydrogen-bond donors (Lipinski definition) is 4. The highest BCUT2D eigenvalue weighted by molar-refractivity contribution is 7.90. The Morgan fingerprint density at radius 1 is 0.865 bits per heavy atom. The summed E-state index contributed by atoms with van der Waals surface area (Å²) in [4.78, 5) is 50.1. The fourth-order valence-electron chi connectivity index (χ4n) is 8.75. The van der Waals surface area contributed by atoms with Crippen LogP contribution in [0, 0.1) is 12.3 Å². The molecule has 4 N–H and O–H groups in total. The lowest BCUT2D eigenvalue weighted by Crippen LogP contribution is -2.58. The van der Waals surface area contributed by atoms with E-state index in [1.165, 1.54) is 11.2 Å². The topological polar surface area (TPSA) is 206 Å². The first-order valence-electron chi connectivity index (χ1n) is 24.7. The van der Waals surface area contributed by atoms with E-state index in [0.29, 0.717) is 43.6 Å². The summed E-state index contributed by atoms with van der Waals surface area (Å²) in [6.07, 6.45) is 0.364. The molecule has 1 fully saturated rings. The molecule has 3 amide bonds. The van der Waals surface area contributed by atoms with Gasteiger partial charge in [-0.15, -0.1) is 11.3 Å². The standard InChI is InChI=1S/C56H67N5O11S2/c1-8-60(26-28-71-44-17-19-45(20-18-44)72-51-47(23-15-41-31-42(62)16-24-48(41)51)39-13-21-46(22-14-39)74(7,67)68)25-27-69-29-30-70-34-50(64)59-53(56(4,5)6)55(66)61-33-43(63)32-49(61)54(65)58-36(2)38-9-11-40(12-10-38)52-37(3)57-35-73-52/h9-24,31,35-36,43,49,53,62-63H,8,25-30,32-34H2,1-7H3,(H,58,65)(H,59,64)/t36-,43+,49-,53+/m0/s1. The van der Waals surface area contributed by atoms with Crippen molar-refractivity contribution in [3.63, 3.8) is 0 Å². The summed E-state index contributed by atoms with van der Waals surface area (Å²) in [6, 6.07) is 28.4. The molecule has 0 bridgehead atoms. The molecule has 1 aliphatic rings. The largest absolute Gasteiger partial charge is 0.508 e. The number of phenolic OH excluding ortho intramolecular Hbond substituents is 1. The third-order valence-electron chi connectivity index (χ3n) is 12.9. The number of aromatic hydroxyl groups is 1.